The van der Waals surface area contributed by atoms with E-state index in [1.807, 2.05) is 43.6 Å². The van der Waals surface area contributed by atoms with Crippen LogP contribution in [0.4, 0.5) is 0 Å². The molecule has 1 heterocycles. The number of ether oxygens (including phenoxy) is 1. The second kappa shape index (κ2) is 7.60. The number of hydrogen-bond acceptors (Lipinski definition) is 4. The van der Waals surface area contributed by atoms with Gasteiger partial charge in [0.15, 0.2) is 5.82 Å². The van der Waals surface area contributed by atoms with Crippen LogP contribution in [0.1, 0.15) is 25.8 Å². The number of rotatable bonds is 7. The first-order valence-electron chi connectivity index (χ1n) is 7.09. The second-order valence-corrected chi connectivity index (χ2v) is 4.52. The van der Waals surface area contributed by atoms with Crippen molar-refractivity contribution in [3.63, 3.8) is 0 Å². The lowest BCUT2D eigenvalue weighted by atomic mass is 10.2. The van der Waals surface area contributed by atoms with Crippen LogP contribution < -0.4 is 10.1 Å². The quantitative estimate of drug-likeness (QED) is 0.786. The summed E-state index contributed by atoms with van der Waals surface area (Å²) in [5.41, 5.74) is 2.03. The van der Waals surface area contributed by atoms with Gasteiger partial charge in [0.1, 0.15) is 5.75 Å². The molecule has 0 atom stereocenters. The Morgan fingerprint density at radius 1 is 1.10 bits per heavy atom. The van der Waals surface area contributed by atoms with Crippen molar-refractivity contribution in [2.75, 3.05) is 13.2 Å². The summed E-state index contributed by atoms with van der Waals surface area (Å²) in [4.78, 5) is 8.88. The van der Waals surface area contributed by atoms with Crippen LogP contribution >= 0.6 is 0 Å². The van der Waals surface area contributed by atoms with Crippen LogP contribution in [-0.2, 0) is 6.54 Å². The molecular formula is C16H21N3O. The van der Waals surface area contributed by atoms with Gasteiger partial charge in [0.2, 0.25) is 0 Å². The molecule has 0 saturated carbocycles. The minimum atomic E-state index is 0.635. The molecule has 1 aromatic heterocycles. The van der Waals surface area contributed by atoms with E-state index >= 15 is 0 Å². The number of hydrogen-bond donors (Lipinski definition) is 1. The predicted molar refractivity (Wildman–Crippen MR) is 80.6 cm³/mol. The predicted octanol–water partition coefficient (Wildman–Crippen LogP) is 3.04. The van der Waals surface area contributed by atoms with Gasteiger partial charge >= 0.3 is 0 Å². The molecule has 4 nitrogen and oxygen atoms in total. The van der Waals surface area contributed by atoms with Crippen LogP contribution in [0.15, 0.2) is 36.7 Å². The van der Waals surface area contributed by atoms with Gasteiger partial charge in [0.05, 0.1) is 12.2 Å². The lowest BCUT2D eigenvalue weighted by Crippen LogP contribution is -2.14. The van der Waals surface area contributed by atoms with Gasteiger partial charge in [-0.25, -0.2) is 9.97 Å². The minimum absolute atomic E-state index is 0.635. The van der Waals surface area contributed by atoms with Crippen LogP contribution in [-0.4, -0.2) is 23.1 Å². The molecule has 4 heteroatoms. The van der Waals surface area contributed by atoms with Crippen molar-refractivity contribution in [2.24, 2.45) is 0 Å². The lowest BCUT2D eigenvalue weighted by Gasteiger charge is -2.09. The maximum atomic E-state index is 5.61. The van der Waals surface area contributed by atoms with E-state index in [4.69, 9.17) is 4.74 Å². The van der Waals surface area contributed by atoms with E-state index in [-0.39, 0.29) is 0 Å². The summed E-state index contributed by atoms with van der Waals surface area (Å²) in [5, 5.41) is 3.34. The van der Waals surface area contributed by atoms with E-state index in [2.05, 4.69) is 22.2 Å². The zero-order valence-electron chi connectivity index (χ0n) is 12.1. The monoisotopic (exact) mass is 271 g/mol. The summed E-state index contributed by atoms with van der Waals surface area (Å²) < 4.78 is 5.61. The van der Waals surface area contributed by atoms with Crippen molar-refractivity contribution in [1.29, 1.82) is 0 Å². The first-order chi connectivity index (χ1) is 9.85. The molecule has 0 amide bonds. The topological polar surface area (TPSA) is 47.0 Å². The molecule has 0 fully saturated rings. The van der Waals surface area contributed by atoms with E-state index in [0.29, 0.717) is 12.4 Å². The van der Waals surface area contributed by atoms with E-state index < -0.39 is 0 Å². The second-order valence-electron chi connectivity index (χ2n) is 4.52. The van der Waals surface area contributed by atoms with Gasteiger partial charge in [-0.05, 0) is 32.0 Å². The third kappa shape index (κ3) is 3.78. The maximum Gasteiger partial charge on any atom is 0.162 e. The summed E-state index contributed by atoms with van der Waals surface area (Å²) in [6.45, 7) is 6.57. The Morgan fingerprint density at radius 2 is 1.85 bits per heavy atom. The summed E-state index contributed by atoms with van der Waals surface area (Å²) in [5.74, 6) is 1.53. The van der Waals surface area contributed by atoms with Crippen molar-refractivity contribution in [1.82, 2.24) is 15.3 Å². The number of nitrogens with zero attached hydrogens (tertiary/aromatic N) is 2. The average Bonchev–Trinajstić information content (AvgIpc) is 2.49. The molecule has 0 spiro atoms. The lowest BCUT2D eigenvalue weighted by molar-refractivity contribution is 0.341. The molecular weight excluding hydrogens is 250 g/mol. The van der Waals surface area contributed by atoms with Crippen molar-refractivity contribution in [2.45, 2.75) is 26.8 Å². The number of para-hydroxylation sites is 1. The highest BCUT2D eigenvalue weighted by atomic mass is 16.5. The fraction of sp³-hybridized carbons (Fsp3) is 0.375. The smallest absolute Gasteiger partial charge is 0.162 e. The Morgan fingerprint density at radius 3 is 2.55 bits per heavy atom. The van der Waals surface area contributed by atoms with Crippen LogP contribution in [0, 0.1) is 0 Å². The summed E-state index contributed by atoms with van der Waals surface area (Å²) in [7, 11) is 0. The molecule has 0 aliphatic heterocycles. The van der Waals surface area contributed by atoms with Gasteiger partial charge in [-0.2, -0.15) is 0 Å². The highest BCUT2D eigenvalue weighted by Gasteiger charge is 2.07. The molecule has 0 saturated heterocycles. The third-order valence-corrected chi connectivity index (χ3v) is 2.89. The molecule has 20 heavy (non-hydrogen) atoms. The van der Waals surface area contributed by atoms with E-state index in [1.165, 1.54) is 0 Å². The fourth-order valence-electron chi connectivity index (χ4n) is 1.93. The molecule has 0 radical (unpaired) electrons. The molecule has 106 valence electrons. The van der Waals surface area contributed by atoms with E-state index in [0.717, 1.165) is 36.4 Å². The molecule has 0 aliphatic carbocycles. The molecule has 0 unspecified atom stereocenters. The molecule has 1 aromatic carbocycles. The van der Waals surface area contributed by atoms with Crippen molar-refractivity contribution >= 4 is 0 Å². The summed E-state index contributed by atoms with van der Waals surface area (Å²) in [6.07, 6.45) is 4.86. The molecule has 2 aromatic rings. The highest BCUT2D eigenvalue weighted by molar-refractivity contribution is 5.63. The minimum Gasteiger partial charge on any atom is -0.493 e. The zero-order chi connectivity index (χ0) is 14.2. The third-order valence-electron chi connectivity index (χ3n) is 2.89. The Bertz CT molecular complexity index is 526. The normalized spacial score (nSPS) is 10.5. The first-order valence-corrected chi connectivity index (χ1v) is 7.09. The Labute approximate surface area is 120 Å². The molecule has 0 aliphatic rings. The van der Waals surface area contributed by atoms with Crippen molar-refractivity contribution in [3.8, 4) is 17.1 Å². The molecule has 2 rings (SSSR count). The van der Waals surface area contributed by atoms with Gasteiger partial charge in [-0.3, -0.25) is 0 Å². The van der Waals surface area contributed by atoms with Crippen molar-refractivity contribution < 1.29 is 4.74 Å². The van der Waals surface area contributed by atoms with Crippen LogP contribution in [0.25, 0.3) is 11.4 Å². The molecule has 1 N–H and O–H groups in total. The van der Waals surface area contributed by atoms with Crippen LogP contribution in [0.3, 0.4) is 0 Å². The van der Waals surface area contributed by atoms with Crippen LogP contribution in [0.5, 0.6) is 5.75 Å². The maximum absolute atomic E-state index is 5.61. The van der Waals surface area contributed by atoms with Crippen molar-refractivity contribution in [3.05, 3.63) is 42.2 Å². The van der Waals surface area contributed by atoms with Gasteiger partial charge in [0, 0.05) is 24.5 Å². The highest BCUT2D eigenvalue weighted by Crippen LogP contribution is 2.26. The van der Waals surface area contributed by atoms with Gasteiger partial charge in [-0.15, -0.1) is 0 Å². The van der Waals surface area contributed by atoms with Gasteiger partial charge < -0.3 is 10.1 Å². The van der Waals surface area contributed by atoms with Gasteiger partial charge in [-0.1, -0.05) is 19.1 Å². The first kappa shape index (κ1) is 14.5. The summed E-state index contributed by atoms with van der Waals surface area (Å²) >= 11 is 0. The fourth-order valence-corrected chi connectivity index (χ4v) is 1.93. The number of aromatic nitrogens is 2. The van der Waals surface area contributed by atoms with Gasteiger partial charge in [0.25, 0.3) is 0 Å². The Hall–Kier alpha value is -1.94. The standard InChI is InChI=1S/C16H21N3O/c1-3-9-17-10-13-11-18-16(19-12-13)14-7-5-6-8-15(14)20-4-2/h5-8,11-12,17H,3-4,9-10H2,1-2H3. The average molecular weight is 271 g/mol. The van der Waals surface area contributed by atoms with Crippen LogP contribution in [0.2, 0.25) is 0 Å². The summed E-state index contributed by atoms with van der Waals surface area (Å²) in [6, 6.07) is 7.85. The molecule has 0 bridgehead atoms. The Kier molecular flexibility index (Phi) is 5.50. The largest absolute Gasteiger partial charge is 0.493 e. The zero-order valence-corrected chi connectivity index (χ0v) is 12.1. The Balaban J connectivity index is 2.13. The van der Waals surface area contributed by atoms with E-state index in [1.54, 1.807) is 0 Å². The number of nitrogens with one attached hydrogen (secondary N) is 1. The van der Waals surface area contributed by atoms with E-state index in [9.17, 15) is 0 Å². The number of benzene rings is 1. The SMILES string of the molecule is CCCNCc1cnc(-c2ccccc2OCC)nc1.